The summed E-state index contributed by atoms with van der Waals surface area (Å²) in [5, 5.41) is 0. The molecule has 1 atom stereocenters. The molecule has 1 aromatic rings. The van der Waals surface area contributed by atoms with Crippen LogP contribution in [0.1, 0.15) is 5.56 Å². The van der Waals surface area contributed by atoms with E-state index in [0.29, 0.717) is 5.75 Å². The van der Waals surface area contributed by atoms with Gasteiger partial charge in [0.25, 0.3) is 0 Å². The zero-order chi connectivity index (χ0) is 10.8. The summed E-state index contributed by atoms with van der Waals surface area (Å²) in [4.78, 5) is 0. The maximum atomic E-state index is 10.3. The zero-order valence-electron chi connectivity index (χ0n) is 6.62. The van der Waals surface area contributed by atoms with Crippen LogP contribution in [0, 0.1) is 0 Å². The Morgan fingerprint density at radius 3 is 2.07 bits per heavy atom. The SMILES string of the molecule is O=S(O)Oc1ccc(C(I)(I)I)cc1. The fourth-order valence-electron chi connectivity index (χ4n) is 0.782. The van der Waals surface area contributed by atoms with Gasteiger partial charge in [-0.1, -0.05) is 12.1 Å². The topological polar surface area (TPSA) is 46.5 Å². The second-order valence-electron chi connectivity index (χ2n) is 2.32. The highest BCUT2D eigenvalue weighted by Gasteiger charge is 2.19. The number of hydrogen-bond donors (Lipinski definition) is 1. The third-order valence-corrected chi connectivity index (χ3v) is 3.55. The Kier molecular flexibility index (Phi) is 5.34. The average molecular weight is 550 g/mol. The van der Waals surface area contributed by atoms with Crippen molar-refractivity contribution < 1.29 is 12.9 Å². The zero-order valence-corrected chi connectivity index (χ0v) is 13.9. The van der Waals surface area contributed by atoms with Crippen molar-refractivity contribution in [2.75, 3.05) is 0 Å². The molecule has 3 nitrogen and oxygen atoms in total. The Bertz CT molecular complexity index is 333. The minimum absolute atomic E-state index is 0.00975. The van der Waals surface area contributed by atoms with Gasteiger partial charge >= 0.3 is 11.4 Å². The van der Waals surface area contributed by atoms with Gasteiger partial charge < -0.3 is 4.18 Å². The first-order chi connectivity index (χ1) is 6.39. The van der Waals surface area contributed by atoms with Gasteiger partial charge in [-0.2, -0.15) is 4.21 Å². The van der Waals surface area contributed by atoms with E-state index in [1.807, 2.05) is 12.1 Å². The van der Waals surface area contributed by atoms with Crippen LogP contribution in [0.2, 0.25) is 0 Å². The average Bonchev–Trinajstić information content (AvgIpc) is 2.02. The lowest BCUT2D eigenvalue weighted by molar-refractivity contribution is 0.458. The Morgan fingerprint density at radius 2 is 1.71 bits per heavy atom. The summed E-state index contributed by atoms with van der Waals surface area (Å²) in [6, 6.07) is 7.09. The van der Waals surface area contributed by atoms with Crippen LogP contribution in [0.5, 0.6) is 5.75 Å². The van der Waals surface area contributed by atoms with Crippen molar-refractivity contribution in [3.8, 4) is 5.75 Å². The molecular formula is C7H5I3O3S. The van der Waals surface area contributed by atoms with Crippen LogP contribution in [0.4, 0.5) is 0 Å². The molecule has 78 valence electrons. The molecule has 1 unspecified atom stereocenters. The molecule has 0 aromatic heterocycles. The molecule has 1 N–H and O–H groups in total. The lowest BCUT2D eigenvalue weighted by atomic mass is 10.2. The number of rotatable bonds is 3. The monoisotopic (exact) mass is 550 g/mol. The van der Waals surface area contributed by atoms with Crippen molar-refractivity contribution in [2.24, 2.45) is 0 Å². The van der Waals surface area contributed by atoms with Crippen LogP contribution < -0.4 is 4.18 Å². The van der Waals surface area contributed by atoms with E-state index in [1.54, 1.807) is 12.1 Å². The Labute approximate surface area is 125 Å². The summed E-state index contributed by atoms with van der Waals surface area (Å²) in [5.74, 6) is 0.392. The molecule has 0 fully saturated rings. The molecule has 0 amide bonds. The molecule has 0 heterocycles. The van der Waals surface area contributed by atoms with Crippen LogP contribution >= 0.6 is 67.8 Å². The Balaban J connectivity index is 2.84. The Hall–Kier alpha value is 1.32. The maximum Gasteiger partial charge on any atom is 0.357 e. The van der Waals surface area contributed by atoms with Gasteiger partial charge in [-0.3, -0.25) is 4.55 Å². The fourth-order valence-corrected chi connectivity index (χ4v) is 2.14. The lowest BCUT2D eigenvalue weighted by Crippen LogP contribution is -1.99. The normalized spacial score (nSPS) is 13.7. The molecule has 1 aromatic carbocycles. The van der Waals surface area contributed by atoms with E-state index in [9.17, 15) is 4.21 Å². The summed E-state index contributed by atoms with van der Waals surface area (Å²) < 4.78 is 23.4. The predicted octanol–water partition coefficient (Wildman–Crippen LogP) is 3.62. The first-order valence-corrected chi connectivity index (χ1v) is 7.63. The summed E-state index contributed by atoms with van der Waals surface area (Å²) in [6.07, 6.45) is 0. The molecule has 0 spiro atoms. The van der Waals surface area contributed by atoms with Crippen molar-refractivity contribution in [2.45, 2.75) is -0.565 Å². The van der Waals surface area contributed by atoms with Crippen molar-refractivity contribution in [3.63, 3.8) is 0 Å². The molecule has 0 bridgehead atoms. The second-order valence-corrected chi connectivity index (χ2v) is 14.0. The highest BCUT2D eigenvalue weighted by molar-refractivity contribution is 14.3. The van der Waals surface area contributed by atoms with Gasteiger partial charge in [0.15, 0.2) is 0 Å². The third-order valence-electron chi connectivity index (χ3n) is 1.35. The number of hydrogen-bond acceptors (Lipinski definition) is 2. The second kappa shape index (κ2) is 5.59. The van der Waals surface area contributed by atoms with Crippen molar-refractivity contribution >= 4 is 79.1 Å². The minimum atomic E-state index is -2.25. The van der Waals surface area contributed by atoms with Crippen LogP contribution in [-0.2, 0) is 10.8 Å². The maximum absolute atomic E-state index is 10.3. The van der Waals surface area contributed by atoms with Crippen LogP contribution in [0.3, 0.4) is 0 Å². The summed E-state index contributed by atoms with van der Waals surface area (Å²) in [7, 11) is 0. The molecule has 0 saturated carbocycles. The molecular weight excluding hydrogens is 545 g/mol. The van der Waals surface area contributed by atoms with Gasteiger partial charge in [-0.05, 0) is 85.5 Å². The minimum Gasteiger partial charge on any atom is -0.380 e. The molecule has 1 rings (SSSR count). The third kappa shape index (κ3) is 4.45. The summed E-state index contributed by atoms with van der Waals surface area (Å²) in [5.41, 5.74) is 1.12. The molecule has 0 radical (unpaired) electrons. The molecule has 0 aliphatic rings. The highest BCUT2D eigenvalue weighted by atomic mass is 127. The molecule has 14 heavy (non-hydrogen) atoms. The Morgan fingerprint density at radius 1 is 1.21 bits per heavy atom. The predicted molar refractivity (Wildman–Crippen MR) is 81.6 cm³/mol. The van der Waals surface area contributed by atoms with Gasteiger partial charge in [0.05, 0.1) is 0 Å². The van der Waals surface area contributed by atoms with E-state index in [4.69, 9.17) is 4.55 Å². The first-order valence-electron chi connectivity index (χ1n) is 3.36. The van der Waals surface area contributed by atoms with Crippen LogP contribution in [0.15, 0.2) is 24.3 Å². The van der Waals surface area contributed by atoms with E-state index in [2.05, 4.69) is 72.0 Å². The molecule has 0 aliphatic heterocycles. The summed E-state index contributed by atoms with van der Waals surface area (Å²) >= 11 is 4.66. The van der Waals surface area contributed by atoms with E-state index < -0.39 is 11.4 Å². The van der Waals surface area contributed by atoms with E-state index in [-0.39, 0.29) is -0.565 Å². The largest absolute Gasteiger partial charge is 0.380 e. The molecule has 7 heteroatoms. The van der Waals surface area contributed by atoms with Gasteiger partial charge in [0.1, 0.15) is 5.18 Å². The highest BCUT2D eigenvalue weighted by Crippen LogP contribution is 2.46. The number of alkyl halides is 3. The van der Waals surface area contributed by atoms with Crippen molar-refractivity contribution in [1.82, 2.24) is 0 Å². The van der Waals surface area contributed by atoms with E-state index >= 15 is 0 Å². The van der Waals surface area contributed by atoms with Gasteiger partial charge in [-0.25, -0.2) is 0 Å². The van der Waals surface area contributed by atoms with Crippen molar-refractivity contribution in [3.05, 3.63) is 29.8 Å². The van der Waals surface area contributed by atoms with Crippen molar-refractivity contribution in [1.29, 1.82) is 0 Å². The lowest BCUT2D eigenvalue weighted by Gasteiger charge is -2.12. The number of benzene rings is 1. The van der Waals surface area contributed by atoms with Crippen LogP contribution in [0.25, 0.3) is 0 Å². The first kappa shape index (κ1) is 13.4. The molecule has 0 aliphatic carbocycles. The van der Waals surface area contributed by atoms with Crippen LogP contribution in [-0.4, -0.2) is 8.76 Å². The molecule has 0 saturated heterocycles. The van der Waals surface area contributed by atoms with Gasteiger partial charge in [0.2, 0.25) is 0 Å². The summed E-state index contributed by atoms with van der Waals surface area (Å²) in [6.45, 7) is 0. The van der Waals surface area contributed by atoms with E-state index in [0.717, 1.165) is 5.56 Å². The van der Waals surface area contributed by atoms with Gasteiger partial charge in [-0.15, -0.1) is 0 Å². The fraction of sp³-hybridized carbons (Fsp3) is 0.143. The smallest absolute Gasteiger partial charge is 0.357 e. The van der Waals surface area contributed by atoms with E-state index in [1.165, 1.54) is 0 Å². The standard InChI is InChI=1S/C7H5I3O3S/c8-7(9,10)5-1-3-6(4-2-5)13-14(11)12/h1-4H,(H,11,12). The number of halogens is 3. The quantitative estimate of drug-likeness (QED) is 0.356. The van der Waals surface area contributed by atoms with Gasteiger partial charge in [0, 0.05) is 0 Å².